The molecule has 5 nitrogen and oxygen atoms in total. The highest BCUT2D eigenvalue weighted by molar-refractivity contribution is 7.89. The van der Waals surface area contributed by atoms with Gasteiger partial charge in [0.2, 0.25) is 10.0 Å². The number of nitrogens with one attached hydrogen (secondary N) is 3. The number of rotatable bonds is 5. The van der Waals surface area contributed by atoms with Crippen molar-refractivity contribution in [2.75, 3.05) is 18.4 Å². The number of sulfonamides is 1. The van der Waals surface area contributed by atoms with Gasteiger partial charge in [-0.25, -0.2) is 13.1 Å². The minimum atomic E-state index is -3.34. The molecular formula is C14H21N3O2S. The van der Waals surface area contributed by atoms with Gasteiger partial charge >= 0.3 is 0 Å². The molecule has 110 valence electrons. The van der Waals surface area contributed by atoms with Crippen LogP contribution in [0.1, 0.15) is 25.7 Å². The van der Waals surface area contributed by atoms with Crippen molar-refractivity contribution >= 4 is 15.7 Å². The summed E-state index contributed by atoms with van der Waals surface area (Å²) in [5.74, 6) is 0. The van der Waals surface area contributed by atoms with Gasteiger partial charge in [-0.1, -0.05) is 0 Å². The number of anilines is 1. The molecular weight excluding hydrogens is 274 g/mol. The van der Waals surface area contributed by atoms with Crippen LogP contribution >= 0.6 is 0 Å². The fraction of sp³-hybridized carbons (Fsp3) is 0.571. The molecule has 1 aromatic rings. The van der Waals surface area contributed by atoms with Gasteiger partial charge in [-0.2, -0.15) is 0 Å². The lowest BCUT2D eigenvalue weighted by molar-refractivity contribution is 0.480. The number of hydrogen-bond donors (Lipinski definition) is 3. The second-order valence-electron chi connectivity index (χ2n) is 5.61. The van der Waals surface area contributed by atoms with E-state index in [1.165, 1.54) is 6.42 Å². The Morgan fingerprint density at radius 3 is 2.40 bits per heavy atom. The molecule has 1 atom stereocenters. The largest absolute Gasteiger partial charge is 0.381 e. The Labute approximate surface area is 120 Å². The molecule has 2 fully saturated rings. The smallest absolute Gasteiger partial charge is 0.240 e. The van der Waals surface area contributed by atoms with Crippen molar-refractivity contribution in [1.29, 1.82) is 0 Å². The Bertz CT molecular complexity index is 546. The van der Waals surface area contributed by atoms with Gasteiger partial charge in [-0.3, -0.25) is 0 Å². The topological polar surface area (TPSA) is 70.2 Å². The van der Waals surface area contributed by atoms with Crippen molar-refractivity contribution in [3.8, 4) is 0 Å². The summed E-state index contributed by atoms with van der Waals surface area (Å²) >= 11 is 0. The molecule has 0 bridgehead atoms. The summed E-state index contributed by atoms with van der Waals surface area (Å²) < 4.78 is 26.8. The maximum absolute atomic E-state index is 12.0. The molecule has 1 heterocycles. The van der Waals surface area contributed by atoms with Crippen LogP contribution in [0.15, 0.2) is 29.2 Å². The van der Waals surface area contributed by atoms with E-state index in [0.717, 1.165) is 38.0 Å². The molecule has 0 spiro atoms. The fourth-order valence-electron chi connectivity index (χ4n) is 2.43. The first-order chi connectivity index (χ1) is 9.63. The number of benzene rings is 1. The van der Waals surface area contributed by atoms with Gasteiger partial charge in [0, 0.05) is 24.3 Å². The molecule has 0 aromatic heterocycles. The lowest BCUT2D eigenvalue weighted by Gasteiger charge is -2.24. The number of piperidine rings is 1. The van der Waals surface area contributed by atoms with E-state index >= 15 is 0 Å². The minimum absolute atomic E-state index is 0.145. The maximum Gasteiger partial charge on any atom is 0.240 e. The molecule has 3 rings (SSSR count). The highest BCUT2D eigenvalue weighted by atomic mass is 32.2. The molecule has 1 aromatic carbocycles. The minimum Gasteiger partial charge on any atom is -0.381 e. The van der Waals surface area contributed by atoms with Gasteiger partial charge in [0.25, 0.3) is 0 Å². The van der Waals surface area contributed by atoms with Crippen molar-refractivity contribution in [2.24, 2.45) is 0 Å². The van der Waals surface area contributed by atoms with Gasteiger partial charge in [0.15, 0.2) is 0 Å². The first-order valence-electron chi connectivity index (χ1n) is 7.23. The summed E-state index contributed by atoms with van der Waals surface area (Å²) in [7, 11) is -3.34. The van der Waals surface area contributed by atoms with E-state index in [1.807, 2.05) is 12.1 Å². The van der Waals surface area contributed by atoms with Crippen LogP contribution in [-0.2, 0) is 10.0 Å². The second kappa shape index (κ2) is 5.71. The van der Waals surface area contributed by atoms with Crippen LogP contribution in [-0.4, -0.2) is 33.6 Å². The van der Waals surface area contributed by atoms with Crippen molar-refractivity contribution in [3.63, 3.8) is 0 Å². The first kappa shape index (κ1) is 13.9. The second-order valence-corrected chi connectivity index (χ2v) is 7.32. The zero-order valence-corrected chi connectivity index (χ0v) is 12.2. The van der Waals surface area contributed by atoms with E-state index in [9.17, 15) is 8.42 Å². The van der Waals surface area contributed by atoms with Crippen LogP contribution in [0.5, 0.6) is 0 Å². The molecule has 1 saturated carbocycles. The third kappa shape index (κ3) is 3.50. The molecule has 3 N–H and O–H groups in total. The molecule has 1 saturated heterocycles. The lowest BCUT2D eigenvalue weighted by Crippen LogP contribution is -2.38. The lowest BCUT2D eigenvalue weighted by atomic mass is 10.1. The third-order valence-electron chi connectivity index (χ3n) is 3.73. The summed E-state index contributed by atoms with van der Waals surface area (Å²) in [6.45, 7) is 2.05. The Morgan fingerprint density at radius 1 is 1.05 bits per heavy atom. The van der Waals surface area contributed by atoms with Crippen molar-refractivity contribution in [2.45, 2.75) is 42.7 Å². The highest BCUT2D eigenvalue weighted by Gasteiger charge is 2.27. The van der Waals surface area contributed by atoms with Crippen LogP contribution < -0.4 is 15.4 Å². The van der Waals surface area contributed by atoms with E-state index in [0.29, 0.717) is 10.9 Å². The van der Waals surface area contributed by atoms with E-state index in [2.05, 4.69) is 15.4 Å². The summed E-state index contributed by atoms with van der Waals surface area (Å²) in [4.78, 5) is 0.344. The van der Waals surface area contributed by atoms with Gasteiger partial charge in [0.05, 0.1) is 4.90 Å². The van der Waals surface area contributed by atoms with Crippen LogP contribution in [0.25, 0.3) is 0 Å². The van der Waals surface area contributed by atoms with Gasteiger partial charge in [-0.15, -0.1) is 0 Å². The standard InChI is InChI=1S/C14H21N3O2S/c18-20(19,17-12-3-4-12)14-7-5-11(6-8-14)16-13-2-1-9-15-10-13/h5-8,12-13,15-17H,1-4,9-10H2. The molecule has 6 heteroatoms. The van der Waals surface area contributed by atoms with Gasteiger partial charge in [-0.05, 0) is 56.5 Å². The average molecular weight is 295 g/mol. The predicted octanol–water partition coefficient (Wildman–Crippen LogP) is 1.29. The van der Waals surface area contributed by atoms with E-state index in [-0.39, 0.29) is 6.04 Å². The molecule has 20 heavy (non-hydrogen) atoms. The molecule has 1 unspecified atom stereocenters. The van der Waals surface area contributed by atoms with Crippen molar-refractivity contribution in [1.82, 2.24) is 10.0 Å². The number of hydrogen-bond acceptors (Lipinski definition) is 4. The molecule has 0 radical (unpaired) electrons. The quantitative estimate of drug-likeness (QED) is 0.765. The molecule has 1 aliphatic carbocycles. The highest BCUT2D eigenvalue weighted by Crippen LogP contribution is 2.23. The monoisotopic (exact) mass is 295 g/mol. The normalized spacial score (nSPS) is 23.5. The fourth-order valence-corrected chi connectivity index (χ4v) is 3.73. The van der Waals surface area contributed by atoms with Crippen LogP contribution in [0.2, 0.25) is 0 Å². The van der Waals surface area contributed by atoms with Crippen LogP contribution in [0.3, 0.4) is 0 Å². The Balaban J connectivity index is 1.64. The Kier molecular flexibility index (Phi) is 3.96. The predicted molar refractivity (Wildman–Crippen MR) is 79.3 cm³/mol. The van der Waals surface area contributed by atoms with E-state index in [1.54, 1.807) is 12.1 Å². The molecule has 1 aliphatic heterocycles. The molecule has 0 amide bonds. The summed E-state index contributed by atoms with van der Waals surface area (Å²) in [6, 6.07) is 7.60. The maximum atomic E-state index is 12.0. The Morgan fingerprint density at radius 2 is 1.80 bits per heavy atom. The van der Waals surface area contributed by atoms with Gasteiger partial charge in [0.1, 0.15) is 0 Å². The zero-order valence-electron chi connectivity index (χ0n) is 11.4. The van der Waals surface area contributed by atoms with Crippen LogP contribution in [0, 0.1) is 0 Å². The SMILES string of the molecule is O=S(=O)(NC1CC1)c1ccc(NC2CCCNC2)cc1. The van der Waals surface area contributed by atoms with E-state index < -0.39 is 10.0 Å². The summed E-state index contributed by atoms with van der Waals surface area (Å²) in [6.07, 6.45) is 4.23. The van der Waals surface area contributed by atoms with E-state index in [4.69, 9.17) is 0 Å². The summed E-state index contributed by atoms with van der Waals surface area (Å²) in [5, 5.41) is 6.79. The zero-order chi connectivity index (χ0) is 14.0. The van der Waals surface area contributed by atoms with Gasteiger partial charge < -0.3 is 10.6 Å². The van der Waals surface area contributed by atoms with Crippen molar-refractivity contribution < 1.29 is 8.42 Å². The Hall–Kier alpha value is -1.11. The summed E-state index contributed by atoms with van der Waals surface area (Å²) in [5.41, 5.74) is 0.976. The molecule has 2 aliphatic rings. The first-order valence-corrected chi connectivity index (χ1v) is 8.71. The average Bonchev–Trinajstić information content (AvgIpc) is 3.24. The van der Waals surface area contributed by atoms with Crippen molar-refractivity contribution in [3.05, 3.63) is 24.3 Å². The third-order valence-corrected chi connectivity index (χ3v) is 5.27. The van der Waals surface area contributed by atoms with Crippen LogP contribution in [0.4, 0.5) is 5.69 Å².